The molecule has 0 saturated carbocycles. The highest BCUT2D eigenvalue weighted by atomic mass is 19.4. The minimum Gasteiger partial charge on any atom is -0.497 e. The number of hydrogen-bond donors (Lipinski definition) is 2. The molecule has 0 bridgehead atoms. The van der Waals surface area contributed by atoms with Gasteiger partial charge in [-0.25, -0.2) is 4.68 Å². The predicted octanol–water partition coefficient (Wildman–Crippen LogP) is 3.72. The number of nitrogens with one attached hydrogen (secondary N) is 1. The first-order valence-corrected chi connectivity index (χ1v) is 12.4. The number of ether oxygens (including phenoxy) is 1. The summed E-state index contributed by atoms with van der Waals surface area (Å²) in [6, 6.07) is 15.0. The van der Waals surface area contributed by atoms with Crippen molar-refractivity contribution in [1.82, 2.24) is 20.0 Å². The van der Waals surface area contributed by atoms with E-state index in [1.54, 1.807) is 24.3 Å². The van der Waals surface area contributed by atoms with E-state index >= 15 is 0 Å². The number of halogens is 3. The van der Waals surface area contributed by atoms with E-state index in [4.69, 9.17) is 4.74 Å². The van der Waals surface area contributed by atoms with Gasteiger partial charge in [0.25, 0.3) is 5.91 Å². The molecule has 0 aliphatic carbocycles. The summed E-state index contributed by atoms with van der Waals surface area (Å²) in [7, 11) is 3.44. The van der Waals surface area contributed by atoms with Crippen LogP contribution in [-0.2, 0) is 12.7 Å². The first-order valence-electron chi connectivity index (χ1n) is 12.4. The highest BCUT2D eigenvalue weighted by molar-refractivity contribution is 5.93. The van der Waals surface area contributed by atoms with Crippen LogP contribution in [0.4, 0.5) is 18.9 Å². The number of aliphatic hydroxyl groups is 1. The molecule has 1 aliphatic heterocycles. The number of hydrogen-bond acceptors (Lipinski definition) is 6. The molecule has 2 N–H and O–H groups in total. The molecule has 11 heteroatoms. The van der Waals surface area contributed by atoms with Gasteiger partial charge in [0.1, 0.15) is 11.4 Å². The number of alkyl halides is 3. The molecule has 0 atom stereocenters. The van der Waals surface area contributed by atoms with Gasteiger partial charge in [0.05, 0.1) is 19.4 Å². The molecule has 4 rings (SSSR count). The van der Waals surface area contributed by atoms with Crippen LogP contribution in [0.1, 0.15) is 34.6 Å². The number of carbonyl (C=O) groups is 1. The minimum atomic E-state index is -4.68. The maximum absolute atomic E-state index is 13.4. The zero-order valence-electron chi connectivity index (χ0n) is 21.4. The summed E-state index contributed by atoms with van der Waals surface area (Å²) >= 11 is 0. The van der Waals surface area contributed by atoms with Crippen molar-refractivity contribution in [2.24, 2.45) is 0 Å². The van der Waals surface area contributed by atoms with E-state index in [1.165, 1.54) is 7.11 Å². The smallest absolute Gasteiger partial charge is 0.435 e. The van der Waals surface area contributed by atoms with Crippen molar-refractivity contribution in [1.29, 1.82) is 0 Å². The second-order valence-electron chi connectivity index (χ2n) is 9.35. The molecule has 204 valence electrons. The highest BCUT2D eigenvalue weighted by Gasteiger charge is 2.36. The fourth-order valence-electron chi connectivity index (χ4n) is 4.62. The Morgan fingerprint density at radius 1 is 1.16 bits per heavy atom. The van der Waals surface area contributed by atoms with Crippen LogP contribution in [0, 0.1) is 0 Å². The van der Waals surface area contributed by atoms with Crippen molar-refractivity contribution in [3.05, 3.63) is 71.5 Å². The van der Waals surface area contributed by atoms with E-state index in [1.807, 2.05) is 24.1 Å². The number of piperidine rings is 1. The van der Waals surface area contributed by atoms with Crippen molar-refractivity contribution in [2.75, 3.05) is 45.3 Å². The average Bonchev–Trinajstić information content (AvgIpc) is 3.36. The molecular formula is C27H32F3N5O3. The Bertz CT molecular complexity index is 1220. The summed E-state index contributed by atoms with van der Waals surface area (Å²) in [6.45, 7) is 2.75. The van der Waals surface area contributed by atoms with E-state index in [0.29, 0.717) is 50.5 Å². The minimum absolute atomic E-state index is 0.0889. The largest absolute Gasteiger partial charge is 0.497 e. The number of benzene rings is 2. The molecule has 1 amide bonds. The monoisotopic (exact) mass is 531 g/mol. The zero-order chi connectivity index (χ0) is 27.3. The van der Waals surface area contributed by atoms with Gasteiger partial charge in [0, 0.05) is 44.0 Å². The van der Waals surface area contributed by atoms with Crippen LogP contribution in [0.3, 0.4) is 0 Å². The number of methoxy groups -OCH3 is 1. The lowest BCUT2D eigenvalue weighted by atomic mass is 10.0. The molecule has 2 aromatic carbocycles. The van der Waals surface area contributed by atoms with Gasteiger partial charge in [-0.3, -0.25) is 9.69 Å². The van der Waals surface area contributed by atoms with Gasteiger partial charge >= 0.3 is 6.18 Å². The molecule has 2 heterocycles. The zero-order valence-corrected chi connectivity index (χ0v) is 21.4. The van der Waals surface area contributed by atoms with E-state index in [0.717, 1.165) is 22.0 Å². The lowest BCUT2D eigenvalue weighted by Crippen LogP contribution is -2.45. The fraction of sp³-hybridized carbons (Fsp3) is 0.407. The van der Waals surface area contributed by atoms with Crippen LogP contribution in [0.15, 0.2) is 54.6 Å². The molecule has 1 aliphatic rings. The number of aromatic nitrogens is 2. The Balaban J connectivity index is 1.46. The maximum Gasteiger partial charge on any atom is 0.435 e. The van der Waals surface area contributed by atoms with Crippen LogP contribution in [0.5, 0.6) is 5.75 Å². The van der Waals surface area contributed by atoms with E-state index in [9.17, 15) is 23.1 Å². The standard InChI is InChI=1S/C27H32F3N5O3/c1-33(15-16-36)18-19-5-3-4-6-23(19)34-13-11-20(12-14-34)31-26(37)24-17-25(27(28,29)30)32-35(24)21-7-9-22(38-2)10-8-21/h3-10,17,20,36H,11-16,18H2,1-2H3,(H,31,37). The molecule has 1 fully saturated rings. The predicted molar refractivity (Wildman–Crippen MR) is 138 cm³/mol. The quantitative estimate of drug-likeness (QED) is 0.438. The molecular weight excluding hydrogens is 499 g/mol. The van der Waals surface area contributed by atoms with Gasteiger partial charge in [0.2, 0.25) is 0 Å². The van der Waals surface area contributed by atoms with Gasteiger partial charge in [-0.15, -0.1) is 0 Å². The molecule has 0 spiro atoms. The number of anilines is 1. The Labute approximate surface area is 219 Å². The van der Waals surface area contributed by atoms with E-state index in [-0.39, 0.29) is 18.3 Å². The number of para-hydroxylation sites is 1. The summed E-state index contributed by atoms with van der Waals surface area (Å²) in [5, 5.41) is 15.8. The first-order chi connectivity index (χ1) is 18.2. The normalized spacial score (nSPS) is 14.7. The molecule has 8 nitrogen and oxygen atoms in total. The maximum atomic E-state index is 13.4. The summed E-state index contributed by atoms with van der Waals surface area (Å²) < 4.78 is 46.5. The molecule has 3 aromatic rings. The van der Waals surface area contributed by atoms with Crippen molar-refractivity contribution in [3.63, 3.8) is 0 Å². The van der Waals surface area contributed by atoms with Crippen LogP contribution >= 0.6 is 0 Å². The van der Waals surface area contributed by atoms with Crippen molar-refractivity contribution < 1.29 is 27.8 Å². The average molecular weight is 532 g/mol. The van der Waals surface area contributed by atoms with Gasteiger partial charge in [-0.2, -0.15) is 18.3 Å². The Kier molecular flexibility index (Phi) is 8.58. The van der Waals surface area contributed by atoms with E-state index in [2.05, 4.69) is 27.4 Å². The van der Waals surface area contributed by atoms with Crippen LogP contribution in [-0.4, -0.2) is 72.1 Å². The van der Waals surface area contributed by atoms with Gasteiger partial charge in [-0.05, 0) is 55.8 Å². The topological polar surface area (TPSA) is 82.9 Å². The Hall–Kier alpha value is -3.57. The summed E-state index contributed by atoms with van der Waals surface area (Å²) in [5.41, 5.74) is 1.27. The molecule has 1 saturated heterocycles. The van der Waals surface area contributed by atoms with Crippen LogP contribution in [0.2, 0.25) is 0 Å². The van der Waals surface area contributed by atoms with Gasteiger partial charge < -0.3 is 20.1 Å². The van der Waals surface area contributed by atoms with Gasteiger partial charge in [-0.1, -0.05) is 18.2 Å². The number of rotatable bonds is 9. The number of likely N-dealkylation sites (N-methyl/N-ethyl adjacent to an activating group) is 1. The number of amides is 1. The lowest BCUT2D eigenvalue weighted by Gasteiger charge is -2.35. The van der Waals surface area contributed by atoms with Crippen LogP contribution in [0.25, 0.3) is 5.69 Å². The number of carbonyl (C=O) groups excluding carboxylic acids is 1. The van der Waals surface area contributed by atoms with E-state index < -0.39 is 17.8 Å². The SMILES string of the molecule is COc1ccc(-n2nc(C(F)(F)F)cc2C(=O)NC2CCN(c3ccccc3CN(C)CCO)CC2)cc1. The van der Waals surface area contributed by atoms with Crippen molar-refractivity contribution in [2.45, 2.75) is 31.6 Å². The molecule has 0 radical (unpaired) electrons. The fourth-order valence-corrected chi connectivity index (χ4v) is 4.62. The van der Waals surface area contributed by atoms with Crippen molar-refractivity contribution in [3.8, 4) is 11.4 Å². The van der Waals surface area contributed by atoms with Gasteiger partial charge in [0.15, 0.2) is 5.69 Å². The third kappa shape index (κ3) is 6.46. The summed E-state index contributed by atoms with van der Waals surface area (Å²) in [4.78, 5) is 17.5. The first kappa shape index (κ1) is 27.5. The van der Waals surface area contributed by atoms with Crippen molar-refractivity contribution >= 4 is 11.6 Å². The summed E-state index contributed by atoms with van der Waals surface area (Å²) in [5.74, 6) is -0.0652. The highest BCUT2D eigenvalue weighted by Crippen LogP contribution is 2.30. The molecule has 1 aromatic heterocycles. The lowest BCUT2D eigenvalue weighted by molar-refractivity contribution is -0.141. The summed E-state index contributed by atoms with van der Waals surface area (Å²) in [6.07, 6.45) is -3.39. The second kappa shape index (κ2) is 11.9. The third-order valence-corrected chi connectivity index (χ3v) is 6.63. The number of aliphatic hydroxyl groups excluding tert-OH is 1. The molecule has 0 unspecified atom stereocenters. The molecule has 38 heavy (non-hydrogen) atoms. The Morgan fingerprint density at radius 2 is 1.84 bits per heavy atom. The second-order valence-corrected chi connectivity index (χ2v) is 9.35. The third-order valence-electron chi connectivity index (χ3n) is 6.63. The van der Waals surface area contributed by atoms with Crippen LogP contribution < -0.4 is 15.0 Å². The Morgan fingerprint density at radius 3 is 2.47 bits per heavy atom. The number of nitrogens with zero attached hydrogens (tertiary/aromatic N) is 4.